The number of carbonyl (C=O) groups is 1. The Labute approximate surface area is 164 Å². The molecule has 8 heteroatoms. The van der Waals surface area contributed by atoms with Gasteiger partial charge in [-0.2, -0.15) is 0 Å². The predicted molar refractivity (Wildman–Crippen MR) is 103 cm³/mol. The second-order valence-electron chi connectivity index (χ2n) is 7.14. The summed E-state index contributed by atoms with van der Waals surface area (Å²) >= 11 is 0. The van der Waals surface area contributed by atoms with Gasteiger partial charge in [-0.1, -0.05) is 13.0 Å². The van der Waals surface area contributed by atoms with Gasteiger partial charge in [0.1, 0.15) is 5.82 Å². The number of carbonyl (C=O) groups excluding carboxylic acids is 1. The Kier molecular flexibility index (Phi) is 5.38. The van der Waals surface area contributed by atoms with Crippen LogP contribution in [0.3, 0.4) is 0 Å². The summed E-state index contributed by atoms with van der Waals surface area (Å²) < 4.78 is 12.8. The van der Waals surface area contributed by atoms with Crippen LogP contribution >= 0.6 is 0 Å². The van der Waals surface area contributed by atoms with Crippen molar-refractivity contribution in [3.63, 3.8) is 0 Å². The zero-order valence-electron chi connectivity index (χ0n) is 16.0. The number of ether oxygens (including phenoxy) is 2. The largest absolute Gasteiger partial charge is 0.454 e. The highest BCUT2D eigenvalue weighted by atomic mass is 16.7. The molecule has 1 aromatic heterocycles. The third kappa shape index (κ3) is 3.77. The molecular formula is C20H26N4O4. The number of piperidine rings is 1. The van der Waals surface area contributed by atoms with Gasteiger partial charge in [-0.25, -0.2) is 9.78 Å². The Bertz CT molecular complexity index is 837. The van der Waals surface area contributed by atoms with Crippen LogP contribution in [0.1, 0.15) is 30.7 Å². The molecule has 3 heterocycles. The first-order chi connectivity index (χ1) is 13.7. The zero-order valence-corrected chi connectivity index (χ0v) is 16.0. The van der Waals surface area contributed by atoms with Crippen molar-refractivity contribution >= 4 is 6.03 Å². The van der Waals surface area contributed by atoms with Crippen LogP contribution in [0.5, 0.6) is 11.5 Å². The second-order valence-corrected chi connectivity index (χ2v) is 7.14. The summed E-state index contributed by atoms with van der Waals surface area (Å²) in [5.74, 6) is 2.45. The lowest BCUT2D eigenvalue weighted by Crippen LogP contribution is -2.50. The van der Waals surface area contributed by atoms with Gasteiger partial charge >= 0.3 is 6.03 Å². The molecule has 2 aliphatic heterocycles. The van der Waals surface area contributed by atoms with Crippen LogP contribution in [0.4, 0.5) is 4.79 Å². The van der Waals surface area contributed by atoms with E-state index in [1.807, 2.05) is 29.0 Å². The topological polar surface area (TPSA) is 88.9 Å². The maximum absolute atomic E-state index is 12.5. The molecule has 4 rings (SSSR count). The number of urea groups is 1. The van der Waals surface area contributed by atoms with Gasteiger partial charge in [0, 0.05) is 50.9 Å². The van der Waals surface area contributed by atoms with Crippen molar-refractivity contribution in [2.24, 2.45) is 0 Å². The molecule has 0 radical (unpaired) electrons. The van der Waals surface area contributed by atoms with Crippen LogP contribution in [0.25, 0.3) is 0 Å². The van der Waals surface area contributed by atoms with Crippen molar-refractivity contribution in [3.8, 4) is 11.5 Å². The Balaban J connectivity index is 1.29. The first-order valence-corrected chi connectivity index (χ1v) is 9.76. The fourth-order valence-electron chi connectivity index (χ4n) is 3.90. The second kappa shape index (κ2) is 8.10. The Hall–Kier alpha value is -2.74. The van der Waals surface area contributed by atoms with Crippen molar-refractivity contribution in [3.05, 3.63) is 42.0 Å². The van der Waals surface area contributed by atoms with Gasteiger partial charge in [0.25, 0.3) is 0 Å². The lowest BCUT2D eigenvalue weighted by atomic mass is 9.87. The van der Waals surface area contributed by atoms with Gasteiger partial charge in [0.05, 0.1) is 6.10 Å². The highest BCUT2D eigenvalue weighted by Gasteiger charge is 2.32. The van der Waals surface area contributed by atoms with E-state index in [2.05, 4.69) is 17.2 Å². The van der Waals surface area contributed by atoms with Gasteiger partial charge in [0.2, 0.25) is 6.79 Å². The van der Waals surface area contributed by atoms with E-state index in [4.69, 9.17) is 9.47 Å². The number of aliphatic hydroxyl groups is 1. The third-order valence-electron chi connectivity index (χ3n) is 5.44. The molecule has 0 bridgehead atoms. The smallest absolute Gasteiger partial charge is 0.317 e. The number of nitrogens with one attached hydrogen (secondary N) is 1. The van der Waals surface area contributed by atoms with Crippen LogP contribution < -0.4 is 14.8 Å². The van der Waals surface area contributed by atoms with E-state index in [0.29, 0.717) is 32.6 Å². The molecule has 2 atom stereocenters. The number of β-amino-alcohol motifs (C(OH)–C–C–N with tert-alkyl or cyclic N) is 1. The average molecular weight is 386 g/mol. The van der Waals surface area contributed by atoms with E-state index in [1.54, 1.807) is 11.1 Å². The summed E-state index contributed by atoms with van der Waals surface area (Å²) in [5, 5.41) is 13.6. The number of rotatable bonds is 5. The maximum atomic E-state index is 12.5. The molecular weight excluding hydrogens is 360 g/mol. The summed E-state index contributed by atoms with van der Waals surface area (Å²) in [6.07, 6.45) is 4.65. The molecule has 28 heavy (non-hydrogen) atoms. The van der Waals surface area contributed by atoms with Crippen molar-refractivity contribution in [1.82, 2.24) is 19.8 Å². The molecule has 0 spiro atoms. The summed E-state index contributed by atoms with van der Waals surface area (Å²) in [7, 11) is 0. The van der Waals surface area contributed by atoms with Gasteiger partial charge < -0.3 is 29.4 Å². The zero-order chi connectivity index (χ0) is 19.5. The fraction of sp³-hybridized carbons (Fsp3) is 0.500. The molecule has 2 amide bonds. The molecule has 0 unspecified atom stereocenters. The molecule has 0 saturated carbocycles. The number of imidazole rings is 1. The van der Waals surface area contributed by atoms with Gasteiger partial charge in [-0.05, 0) is 24.1 Å². The molecule has 8 nitrogen and oxygen atoms in total. The lowest BCUT2D eigenvalue weighted by Gasteiger charge is -2.36. The number of likely N-dealkylation sites (tertiary alicyclic amines) is 1. The summed E-state index contributed by atoms with van der Waals surface area (Å²) in [5.41, 5.74) is 1.02. The summed E-state index contributed by atoms with van der Waals surface area (Å²) in [6.45, 7) is 4.43. The molecule has 0 aliphatic carbocycles. The van der Waals surface area contributed by atoms with E-state index in [9.17, 15) is 9.90 Å². The third-order valence-corrected chi connectivity index (χ3v) is 5.44. The number of fused-ring (bicyclic) bond motifs is 1. The van der Waals surface area contributed by atoms with E-state index >= 15 is 0 Å². The van der Waals surface area contributed by atoms with Crippen LogP contribution in [-0.4, -0.2) is 58.1 Å². The number of aromatic nitrogens is 2. The van der Waals surface area contributed by atoms with E-state index in [0.717, 1.165) is 29.3 Å². The Morgan fingerprint density at radius 2 is 2.21 bits per heavy atom. The minimum Gasteiger partial charge on any atom is -0.454 e. The van der Waals surface area contributed by atoms with Crippen LogP contribution in [0.2, 0.25) is 0 Å². The van der Waals surface area contributed by atoms with E-state index < -0.39 is 6.10 Å². The van der Waals surface area contributed by atoms with E-state index in [1.165, 1.54) is 0 Å². The van der Waals surface area contributed by atoms with Gasteiger partial charge in [0.15, 0.2) is 11.5 Å². The monoisotopic (exact) mass is 386 g/mol. The minimum absolute atomic E-state index is 0.0170. The summed E-state index contributed by atoms with van der Waals surface area (Å²) in [6, 6.07) is 5.64. The summed E-state index contributed by atoms with van der Waals surface area (Å²) in [4.78, 5) is 18.4. The minimum atomic E-state index is -0.611. The molecule has 150 valence electrons. The molecule has 2 aromatic rings. The van der Waals surface area contributed by atoms with Gasteiger partial charge in [-0.15, -0.1) is 0 Å². The molecule has 2 aliphatic rings. The SMILES string of the molecule is CCc1nccn1CCNC(=O)N1CC[C@@H](c2ccc3c(c2)OCO3)[C@H](O)C1. The Morgan fingerprint density at radius 1 is 1.36 bits per heavy atom. The molecule has 2 N–H and O–H groups in total. The van der Waals surface area contributed by atoms with Crippen molar-refractivity contribution in [2.75, 3.05) is 26.4 Å². The maximum Gasteiger partial charge on any atom is 0.317 e. The van der Waals surface area contributed by atoms with E-state index in [-0.39, 0.29) is 18.7 Å². The highest BCUT2D eigenvalue weighted by molar-refractivity contribution is 5.74. The Morgan fingerprint density at radius 3 is 3.04 bits per heavy atom. The highest BCUT2D eigenvalue weighted by Crippen LogP contribution is 2.37. The van der Waals surface area contributed by atoms with Crippen LogP contribution in [0, 0.1) is 0 Å². The standard InChI is InChI=1S/C20H26N4O4/c1-2-19-21-6-9-23(19)10-7-22-20(26)24-8-5-15(16(25)12-24)14-3-4-17-18(11-14)28-13-27-17/h3-4,6,9,11,15-16,25H,2,5,7-8,10,12-13H2,1H3,(H,22,26)/t15-,16+/m0/s1. The number of hydrogen-bond donors (Lipinski definition) is 2. The van der Waals surface area contributed by atoms with Crippen LogP contribution in [0.15, 0.2) is 30.6 Å². The van der Waals surface area contributed by atoms with Crippen LogP contribution in [-0.2, 0) is 13.0 Å². The number of benzene rings is 1. The molecule has 1 saturated heterocycles. The number of amides is 2. The average Bonchev–Trinajstić information content (AvgIpc) is 3.36. The lowest BCUT2D eigenvalue weighted by molar-refractivity contribution is 0.0654. The van der Waals surface area contributed by atoms with Crippen molar-refractivity contribution < 1.29 is 19.4 Å². The molecule has 1 fully saturated rings. The number of aryl methyl sites for hydroxylation is 1. The first-order valence-electron chi connectivity index (χ1n) is 9.76. The van der Waals surface area contributed by atoms with Crippen molar-refractivity contribution in [2.45, 2.75) is 38.3 Å². The van der Waals surface area contributed by atoms with Crippen molar-refractivity contribution in [1.29, 1.82) is 0 Å². The number of nitrogens with zero attached hydrogens (tertiary/aromatic N) is 3. The molecule has 1 aromatic carbocycles. The predicted octanol–water partition coefficient (Wildman–Crippen LogP) is 1.73. The quantitative estimate of drug-likeness (QED) is 0.817. The van der Waals surface area contributed by atoms with Gasteiger partial charge in [-0.3, -0.25) is 0 Å². The number of aliphatic hydroxyl groups excluding tert-OH is 1. The number of hydrogen-bond acceptors (Lipinski definition) is 5. The fourth-order valence-corrected chi connectivity index (χ4v) is 3.90. The first kappa shape index (κ1) is 18.6. The normalized spacial score (nSPS) is 21.0.